The van der Waals surface area contributed by atoms with E-state index in [0.717, 1.165) is 28.2 Å². The highest BCUT2D eigenvalue weighted by Crippen LogP contribution is 2.30. The van der Waals surface area contributed by atoms with Crippen LogP contribution in [-0.4, -0.2) is 110 Å². The largest absolute Gasteiger partial charge is 0.369 e. The van der Waals surface area contributed by atoms with Crippen LogP contribution >= 0.6 is 34.8 Å². The summed E-state index contributed by atoms with van der Waals surface area (Å²) in [5, 5.41) is 22.9. The second-order valence-electron chi connectivity index (χ2n) is 23.0. The van der Waals surface area contributed by atoms with Gasteiger partial charge in [-0.3, -0.25) is 42.8 Å². The smallest absolute Gasteiger partial charge is 0.278 e. The van der Waals surface area contributed by atoms with Gasteiger partial charge in [0, 0.05) is 62.5 Å². The van der Waals surface area contributed by atoms with E-state index in [1.807, 2.05) is 115 Å². The van der Waals surface area contributed by atoms with Gasteiger partial charge >= 0.3 is 0 Å². The number of hydrogen-bond donors (Lipinski definition) is 2. The summed E-state index contributed by atoms with van der Waals surface area (Å²) in [5.41, 5.74) is 13.9. The zero-order valence-electron chi connectivity index (χ0n) is 53.8. The van der Waals surface area contributed by atoms with E-state index in [1.54, 1.807) is 165 Å². The fraction of sp³-hybridized carbons (Fsp3) is 0.0263. The Morgan fingerprint density at radius 3 is 1.06 bits per heavy atom. The third-order valence-electron chi connectivity index (χ3n) is 16.1. The Hall–Kier alpha value is -13.4. The number of carbonyl (C=O) groups excluding carboxylic acids is 2. The first-order valence-electron chi connectivity index (χ1n) is 31.3. The highest BCUT2D eigenvalue weighted by atomic mass is 35.5. The van der Waals surface area contributed by atoms with Crippen molar-refractivity contribution in [1.82, 2.24) is 78.1 Å². The zero-order valence-corrected chi connectivity index (χ0v) is 56.1. The lowest BCUT2D eigenvalue weighted by molar-refractivity contribution is 0.0993. The van der Waals surface area contributed by atoms with Gasteiger partial charge in [0.25, 0.3) is 22.6 Å². The molecule has 9 aromatic carbocycles. The van der Waals surface area contributed by atoms with E-state index < -0.39 is 5.91 Å². The Balaban J connectivity index is 0.000000130. The van der Waals surface area contributed by atoms with Gasteiger partial charge in [0.2, 0.25) is 5.91 Å². The predicted octanol–water partition coefficient (Wildman–Crippen LogP) is 13.3. The van der Waals surface area contributed by atoms with E-state index in [4.69, 9.17) is 55.5 Å². The number of aliphatic imine (C=N–C) groups is 1. The molecular formula is C76H53Cl3N18O5. The Morgan fingerprint density at radius 2 is 0.745 bits per heavy atom. The van der Waals surface area contributed by atoms with Gasteiger partial charge in [0.05, 0.1) is 59.1 Å². The predicted molar refractivity (Wildman–Crippen MR) is 395 cm³/mol. The summed E-state index contributed by atoms with van der Waals surface area (Å²) in [5.74, 6) is 1.06. The second-order valence-corrected chi connectivity index (χ2v) is 24.3. The molecule has 2 amide bonds. The molecular weight excluding hydrogens is 1350 g/mol. The molecule has 0 aliphatic carbocycles. The molecule has 0 unspecified atom stereocenters. The molecule has 26 heteroatoms. The lowest BCUT2D eigenvalue weighted by atomic mass is 10.1. The highest BCUT2D eigenvalue weighted by molar-refractivity contribution is 6.31. The van der Waals surface area contributed by atoms with Crippen molar-refractivity contribution in [2.24, 2.45) is 10.7 Å². The summed E-state index contributed by atoms with van der Waals surface area (Å²) in [4.78, 5) is 89.4. The summed E-state index contributed by atoms with van der Waals surface area (Å²) in [6.07, 6.45) is 7.51. The summed E-state index contributed by atoms with van der Waals surface area (Å²) < 4.78 is 9.56. The number of rotatable bonds is 13. The van der Waals surface area contributed by atoms with Crippen LogP contribution in [0.25, 0.3) is 113 Å². The van der Waals surface area contributed by atoms with Crippen LogP contribution in [0.15, 0.2) is 281 Å². The van der Waals surface area contributed by atoms with Crippen molar-refractivity contribution in [1.29, 1.82) is 0 Å². The van der Waals surface area contributed by atoms with Gasteiger partial charge in [-0.15, -0.1) is 0 Å². The molecule has 16 rings (SSSR count). The van der Waals surface area contributed by atoms with Crippen molar-refractivity contribution < 1.29 is 9.59 Å². The average Bonchev–Trinajstić information content (AvgIpc) is 1.51. The van der Waals surface area contributed by atoms with Gasteiger partial charge in [-0.1, -0.05) is 138 Å². The number of primary amides is 1. The van der Waals surface area contributed by atoms with Gasteiger partial charge in [-0.05, 0) is 133 Å². The molecule has 0 bridgehead atoms. The zero-order chi connectivity index (χ0) is 70.5. The first-order chi connectivity index (χ1) is 49.6. The minimum atomic E-state index is -0.530. The van der Waals surface area contributed by atoms with Gasteiger partial charge in [0.15, 0.2) is 22.8 Å². The number of H-pyrrole nitrogens is 1. The monoisotopic (exact) mass is 1400 g/mol. The maximum atomic E-state index is 13.7. The molecule has 498 valence electrons. The molecule has 16 aromatic rings. The minimum absolute atomic E-state index is 0.219. The molecule has 102 heavy (non-hydrogen) atoms. The second kappa shape index (κ2) is 28.6. The first-order valence-corrected chi connectivity index (χ1v) is 32.5. The van der Waals surface area contributed by atoms with Crippen molar-refractivity contribution in [2.45, 2.75) is 0 Å². The van der Waals surface area contributed by atoms with Crippen molar-refractivity contribution >= 4 is 86.1 Å². The third-order valence-corrected chi connectivity index (χ3v) is 16.9. The number of benzene rings is 9. The lowest BCUT2D eigenvalue weighted by Gasteiger charge is -2.14. The number of nitrogens with zero attached hydrogens (tertiary/aromatic N) is 16. The normalized spacial score (nSPS) is 11.2. The molecule has 0 fully saturated rings. The number of para-hydroxylation sites is 3. The number of aromatic amines is 1. The summed E-state index contributed by atoms with van der Waals surface area (Å²) >= 11 is 18.2. The van der Waals surface area contributed by atoms with Crippen LogP contribution in [0, 0.1) is 0 Å². The number of amides is 2. The van der Waals surface area contributed by atoms with E-state index in [2.05, 4.69) is 35.5 Å². The number of fused-ring (bicyclic) bond motifs is 3. The molecule has 0 saturated heterocycles. The van der Waals surface area contributed by atoms with E-state index in [1.165, 1.54) is 34.2 Å². The summed E-state index contributed by atoms with van der Waals surface area (Å²) in [7, 11) is 3.58. The van der Waals surface area contributed by atoms with Crippen LogP contribution < -0.4 is 22.4 Å². The molecule has 0 aliphatic heterocycles. The molecule has 0 radical (unpaired) electrons. The lowest BCUT2D eigenvalue weighted by Crippen LogP contribution is -2.22. The van der Waals surface area contributed by atoms with Gasteiger partial charge in [-0.25, -0.2) is 34.0 Å². The summed E-state index contributed by atoms with van der Waals surface area (Å²) in [6, 6.07) is 70.6. The molecule has 0 saturated carbocycles. The van der Waals surface area contributed by atoms with Crippen molar-refractivity contribution in [3.8, 4) is 79.7 Å². The molecule has 0 atom stereocenters. The Labute approximate surface area is 593 Å². The number of halogens is 3. The summed E-state index contributed by atoms with van der Waals surface area (Å²) in [6.45, 7) is 0. The third kappa shape index (κ3) is 13.4. The fourth-order valence-corrected chi connectivity index (χ4v) is 11.5. The van der Waals surface area contributed by atoms with Crippen LogP contribution in [0.3, 0.4) is 0 Å². The Morgan fingerprint density at radius 1 is 0.422 bits per heavy atom. The SMILES string of the molecule is CN(C)C=NC(=O)c1ccc(-c2nc3c(cnn3-c3ccccc3)c(=O)n2-c2ccc(Cl)cc2)cc1.NC(=O)c1ccc(-c2nc3c(cnn3-c3ccccc3)c(=O)n2-c2ccc(Cl)cc2)cc1.O=c1c2cnn(-c3ccccc3)c2nc(-c2ccc(-c3ncn[nH]3)cc2)n1-c1ccc(Cl)cc1. The highest BCUT2D eigenvalue weighted by Gasteiger charge is 2.23. The van der Waals surface area contributed by atoms with Gasteiger partial charge in [0.1, 0.15) is 40.0 Å². The van der Waals surface area contributed by atoms with Gasteiger partial charge in [-0.2, -0.15) is 25.4 Å². The number of nitrogens with two attached hydrogens (primary N) is 1. The van der Waals surface area contributed by atoms with Crippen molar-refractivity contribution in [2.75, 3.05) is 14.1 Å². The number of nitrogens with one attached hydrogen (secondary N) is 1. The van der Waals surface area contributed by atoms with E-state index >= 15 is 0 Å². The van der Waals surface area contributed by atoms with Crippen LogP contribution in [0.5, 0.6) is 0 Å². The quantitative estimate of drug-likeness (QED) is 0.0802. The van der Waals surface area contributed by atoms with Crippen LogP contribution in [0.1, 0.15) is 20.7 Å². The van der Waals surface area contributed by atoms with Crippen LogP contribution in [0.2, 0.25) is 15.1 Å². The molecule has 3 N–H and O–H groups in total. The topological polar surface area (TPSA) is 275 Å². The first kappa shape index (κ1) is 65.9. The van der Waals surface area contributed by atoms with E-state index in [9.17, 15) is 24.0 Å². The van der Waals surface area contributed by atoms with Crippen LogP contribution in [0.4, 0.5) is 0 Å². The maximum absolute atomic E-state index is 13.7. The Kier molecular flexibility index (Phi) is 18.5. The molecule has 0 aliphatic rings. The Bertz CT molecular complexity index is 5970. The maximum Gasteiger partial charge on any atom is 0.278 e. The molecule has 0 spiro atoms. The number of carbonyl (C=O) groups is 2. The van der Waals surface area contributed by atoms with Crippen LogP contribution in [-0.2, 0) is 0 Å². The van der Waals surface area contributed by atoms with E-state index in [0.29, 0.717) is 111 Å². The number of aromatic nitrogens is 15. The van der Waals surface area contributed by atoms with E-state index in [-0.39, 0.29) is 22.6 Å². The average molecular weight is 1400 g/mol. The molecule has 23 nitrogen and oxygen atoms in total. The van der Waals surface area contributed by atoms with Crippen molar-refractivity contribution in [3.05, 3.63) is 319 Å². The molecule has 7 aromatic heterocycles. The number of hydrogen-bond acceptors (Lipinski definition) is 13. The van der Waals surface area contributed by atoms with Crippen molar-refractivity contribution in [3.63, 3.8) is 0 Å². The fourth-order valence-electron chi connectivity index (χ4n) is 11.2. The standard InChI is InChI=1S/C27H21ClN6O2.C25H16ClN7O.C24H16ClN5O2/c1-32(2)17-29-26(35)19-10-8-18(9-11-19)24-31-25-23(16-30-34(25)22-6-4-3-5-7-22)27(36)33(24)21-14-12-20(28)13-15-21;26-18-10-12-19(13-11-18)32-23(17-8-6-16(7-9-17)22-27-15-28-31-22)30-24-21(25(32)34)14-29-33(24)20-4-2-1-3-5-20;25-17-10-12-18(13-11-17)29-22(16-8-6-15(7-9-16)21(26)31)28-23-20(24(29)32)14-27-30(23)19-4-2-1-3-5-19/h3-17H,1-2H3;1-15H,(H,27,28,31);1-14H,(H2,26,31). The van der Waals surface area contributed by atoms with Gasteiger partial charge < -0.3 is 10.6 Å². The minimum Gasteiger partial charge on any atom is -0.369 e. The molecule has 7 heterocycles.